The second-order valence-corrected chi connectivity index (χ2v) is 8.70. The first-order valence-electron chi connectivity index (χ1n) is 9.64. The third-order valence-electron chi connectivity index (χ3n) is 4.93. The van der Waals surface area contributed by atoms with Gasteiger partial charge in [-0.25, -0.2) is 23.3 Å². The van der Waals surface area contributed by atoms with Gasteiger partial charge in [-0.2, -0.15) is 0 Å². The summed E-state index contributed by atoms with van der Waals surface area (Å²) in [5.41, 5.74) is 3.73. The van der Waals surface area contributed by atoms with Crippen LogP contribution in [0.1, 0.15) is 16.7 Å². The van der Waals surface area contributed by atoms with Crippen molar-refractivity contribution in [3.8, 4) is 0 Å². The van der Waals surface area contributed by atoms with Crippen molar-refractivity contribution in [3.63, 3.8) is 0 Å². The first-order chi connectivity index (χ1) is 15.3. The van der Waals surface area contributed by atoms with Crippen LogP contribution in [0, 0.1) is 0 Å². The van der Waals surface area contributed by atoms with Gasteiger partial charge in [-0.3, -0.25) is 0 Å². The molecule has 0 aliphatic rings. The highest BCUT2D eigenvalue weighted by Gasteiger charge is 2.13. The normalized spacial score (nSPS) is 12.1. The van der Waals surface area contributed by atoms with Gasteiger partial charge in [-0.1, -0.05) is 42.5 Å². The molecule has 9 heteroatoms. The number of nitrogens with zero attached hydrogens (tertiary/aromatic N) is 1. The number of pyridine rings is 1. The second-order valence-electron chi connectivity index (χ2n) is 7.14. The maximum absolute atomic E-state index is 11.8. The Labute approximate surface area is 184 Å². The summed E-state index contributed by atoms with van der Waals surface area (Å²) < 4.78 is 22.7. The number of H-pyrrole nitrogens is 1. The molecule has 0 atom stereocenters. The highest BCUT2D eigenvalue weighted by Crippen LogP contribution is 2.26. The predicted octanol–water partition coefficient (Wildman–Crippen LogP) is 3.45. The number of benzene rings is 2. The van der Waals surface area contributed by atoms with Crippen molar-refractivity contribution in [1.82, 2.24) is 9.97 Å². The Bertz CT molecular complexity index is 1410. The molecule has 0 bridgehead atoms. The lowest BCUT2D eigenvalue weighted by Gasteiger charge is -2.07. The minimum absolute atomic E-state index is 0.0562. The van der Waals surface area contributed by atoms with Crippen LogP contribution in [0.3, 0.4) is 0 Å². The molecule has 32 heavy (non-hydrogen) atoms. The van der Waals surface area contributed by atoms with Gasteiger partial charge in [0.05, 0.1) is 22.4 Å². The van der Waals surface area contributed by atoms with Crippen molar-refractivity contribution in [3.05, 3.63) is 89.7 Å². The van der Waals surface area contributed by atoms with Crippen molar-refractivity contribution < 1.29 is 18.3 Å². The number of rotatable bonds is 7. The van der Waals surface area contributed by atoms with E-state index in [1.165, 1.54) is 12.1 Å². The van der Waals surface area contributed by atoms with E-state index in [2.05, 4.69) is 15.3 Å². The number of nitrogens with two attached hydrogens (primary N) is 1. The molecule has 2 aromatic carbocycles. The van der Waals surface area contributed by atoms with Gasteiger partial charge < -0.3 is 15.4 Å². The molecule has 162 valence electrons. The third kappa shape index (κ3) is 4.69. The van der Waals surface area contributed by atoms with Gasteiger partial charge in [-0.05, 0) is 35.4 Å². The van der Waals surface area contributed by atoms with E-state index in [9.17, 15) is 18.3 Å². The summed E-state index contributed by atoms with van der Waals surface area (Å²) in [7, 11) is -3.73. The van der Waals surface area contributed by atoms with Crippen molar-refractivity contribution in [2.75, 3.05) is 5.32 Å². The lowest BCUT2D eigenvalue weighted by atomic mass is 10.0. The number of hydrogen-bond donors (Lipinski definition) is 4. The first kappa shape index (κ1) is 21.3. The fourth-order valence-corrected chi connectivity index (χ4v) is 3.80. The zero-order valence-electron chi connectivity index (χ0n) is 16.8. The van der Waals surface area contributed by atoms with E-state index < -0.39 is 16.0 Å². The van der Waals surface area contributed by atoms with Crippen LogP contribution in [0.4, 0.5) is 5.69 Å². The Hall–Kier alpha value is -3.95. The average molecular weight is 449 g/mol. The number of anilines is 1. The number of carboxylic acid groups (broad SMARTS) is 1. The first-order valence-corrected chi connectivity index (χ1v) is 11.2. The molecule has 0 radical (unpaired) electrons. The summed E-state index contributed by atoms with van der Waals surface area (Å²) in [6.07, 6.45) is 5.01. The van der Waals surface area contributed by atoms with E-state index in [1.807, 2.05) is 12.1 Å². The fourth-order valence-electron chi connectivity index (χ4n) is 3.28. The Balaban J connectivity index is 1.59. The molecule has 0 aliphatic heterocycles. The van der Waals surface area contributed by atoms with Gasteiger partial charge in [0.25, 0.3) is 0 Å². The van der Waals surface area contributed by atoms with Gasteiger partial charge >= 0.3 is 5.97 Å². The Morgan fingerprint density at radius 3 is 2.50 bits per heavy atom. The molecule has 0 spiro atoms. The Morgan fingerprint density at radius 2 is 1.84 bits per heavy atom. The lowest BCUT2D eigenvalue weighted by Crippen LogP contribution is -2.12. The number of primary sulfonamides is 1. The molecule has 0 unspecified atom stereocenters. The number of aromatic amines is 1. The van der Waals surface area contributed by atoms with Gasteiger partial charge in [0.2, 0.25) is 10.0 Å². The molecule has 0 saturated heterocycles. The topological polar surface area (TPSA) is 138 Å². The number of aliphatic carboxylic acids is 1. The molecule has 0 aliphatic carbocycles. The standard InChI is InChI=1S/C23H20N4O4S/c24-32(30,31)19-8-6-15(7-9-19)12-25-18-11-20-17(13-26-22(20)27-14-18)10-21(23(28)29)16-4-2-1-3-5-16/h1-11,13-14,25H,12H2,(H,26,27)(H,28,29)(H2,24,30,31)/b21-10+. The molecule has 2 aromatic heterocycles. The summed E-state index contributed by atoms with van der Waals surface area (Å²) >= 11 is 0. The van der Waals surface area contributed by atoms with E-state index in [-0.39, 0.29) is 10.5 Å². The van der Waals surface area contributed by atoms with Gasteiger partial charge in [-0.15, -0.1) is 0 Å². The van der Waals surface area contributed by atoms with Crippen LogP contribution < -0.4 is 10.5 Å². The number of fused-ring (bicyclic) bond motifs is 1. The minimum Gasteiger partial charge on any atom is -0.478 e. The number of carboxylic acids is 1. The van der Waals surface area contributed by atoms with Crippen LogP contribution >= 0.6 is 0 Å². The summed E-state index contributed by atoms with van der Waals surface area (Å²) in [6, 6.07) is 17.1. The summed E-state index contributed by atoms with van der Waals surface area (Å²) in [4.78, 5) is 19.3. The van der Waals surface area contributed by atoms with Crippen molar-refractivity contribution in [1.29, 1.82) is 0 Å². The highest BCUT2D eigenvalue weighted by atomic mass is 32.2. The van der Waals surface area contributed by atoms with Gasteiger partial charge in [0, 0.05) is 23.7 Å². The Morgan fingerprint density at radius 1 is 1.12 bits per heavy atom. The second kappa shape index (κ2) is 8.66. The monoisotopic (exact) mass is 448 g/mol. The van der Waals surface area contributed by atoms with Crippen LogP contribution in [0.25, 0.3) is 22.7 Å². The maximum Gasteiger partial charge on any atom is 0.336 e. The molecular formula is C23H20N4O4S. The van der Waals surface area contributed by atoms with Gasteiger partial charge in [0.1, 0.15) is 5.65 Å². The van der Waals surface area contributed by atoms with E-state index in [1.54, 1.807) is 54.9 Å². The molecule has 0 saturated carbocycles. The Kier molecular flexibility index (Phi) is 5.76. The van der Waals surface area contributed by atoms with Crippen LogP contribution in [-0.2, 0) is 21.4 Å². The van der Waals surface area contributed by atoms with E-state index in [4.69, 9.17) is 5.14 Å². The number of carbonyl (C=O) groups is 1. The van der Waals surface area contributed by atoms with Crippen LogP contribution in [0.5, 0.6) is 0 Å². The quantitative estimate of drug-likeness (QED) is 0.320. The van der Waals surface area contributed by atoms with Crippen LogP contribution in [0.2, 0.25) is 0 Å². The molecule has 0 fully saturated rings. The zero-order chi connectivity index (χ0) is 22.7. The van der Waals surface area contributed by atoms with Crippen molar-refractivity contribution >= 4 is 44.4 Å². The van der Waals surface area contributed by atoms with Crippen molar-refractivity contribution in [2.45, 2.75) is 11.4 Å². The predicted molar refractivity (Wildman–Crippen MR) is 123 cm³/mol. The smallest absolute Gasteiger partial charge is 0.336 e. The number of aromatic nitrogens is 2. The SMILES string of the molecule is NS(=O)(=O)c1ccc(CNc2cnc3[nH]cc(/C=C(/C(=O)O)c4ccccc4)c3c2)cc1. The molecule has 0 amide bonds. The highest BCUT2D eigenvalue weighted by molar-refractivity contribution is 7.89. The average Bonchev–Trinajstić information content (AvgIpc) is 3.18. The minimum atomic E-state index is -3.73. The summed E-state index contributed by atoms with van der Waals surface area (Å²) in [6.45, 7) is 0.443. The van der Waals surface area contributed by atoms with E-state index >= 15 is 0 Å². The molecular weight excluding hydrogens is 428 g/mol. The van der Waals surface area contributed by atoms with E-state index in [0.717, 1.165) is 16.6 Å². The number of hydrogen-bond acceptors (Lipinski definition) is 5. The number of sulfonamides is 1. The fraction of sp³-hybridized carbons (Fsp3) is 0.0435. The summed E-state index contributed by atoms with van der Waals surface area (Å²) in [5, 5.41) is 18.8. The maximum atomic E-state index is 11.8. The molecule has 4 aromatic rings. The summed E-state index contributed by atoms with van der Waals surface area (Å²) in [5.74, 6) is -1.02. The van der Waals surface area contributed by atoms with Crippen LogP contribution in [-0.4, -0.2) is 29.5 Å². The lowest BCUT2D eigenvalue weighted by molar-refractivity contribution is -0.130. The number of nitrogens with one attached hydrogen (secondary N) is 2. The largest absolute Gasteiger partial charge is 0.478 e. The molecule has 5 N–H and O–H groups in total. The van der Waals surface area contributed by atoms with Crippen LogP contribution in [0.15, 0.2) is 78.0 Å². The molecule has 4 rings (SSSR count). The van der Waals surface area contributed by atoms with Crippen molar-refractivity contribution in [2.24, 2.45) is 5.14 Å². The molecule has 2 heterocycles. The zero-order valence-corrected chi connectivity index (χ0v) is 17.6. The van der Waals surface area contributed by atoms with E-state index in [0.29, 0.717) is 23.3 Å². The van der Waals surface area contributed by atoms with Gasteiger partial charge in [0.15, 0.2) is 0 Å². The molecule has 8 nitrogen and oxygen atoms in total. The third-order valence-corrected chi connectivity index (χ3v) is 5.86.